The van der Waals surface area contributed by atoms with E-state index in [2.05, 4.69) is 11.8 Å². The van der Waals surface area contributed by atoms with Crippen LogP contribution in [0.3, 0.4) is 0 Å². The lowest BCUT2D eigenvalue weighted by Crippen LogP contribution is -2.45. The molecular formula is C24H37N3O4S. The van der Waals surface area contributed by atoms with Gasteiger partial charge in [0.2, 0.25) is 10.0 Å². The molecular weight excluding hydrogens is 426 g/mol. The van der Waals surface area contributed by atoms with Gasteiger partial charge in [-0.1, -0.05) is 6.92 Å². The zero-order valence-corrected chi connectivity index (χ0v) is 20.3. The standard InChI is InChI=1S/C24H37N3O4S/c1-19-9-14-25(15-10-19)17-20-6-5-11-26(18-20)24(28)21-7-8-22(31-2)23(16-21)32(29,30)27-12-3-4-13-27/h7-8,16,19-20H,3-6,9-15,17-18H2,1-2H3. The second-order valence-corrected chi connectivity index (χ2v) is 11.6. The number of methoxy groups -OCH3 is 1. The van der Waals surface area contributed by atoms with Gasteiger partial charge in [0.1, 0.15) is 10.6 Å². The third-order valence-electron chi connectivity index (χ3n) is 7.29. The highest BCUT2D eigenvalue weighted by molar-refractivity contribution is 7.89. The van der Waals surface area contributed by atoms with E-state index in [1.54, 1.807) is 12.1 Å². The van der Waals surface area contributed by atoms with Crippen molar-refractivity contribution in [3.8, 4) is 5.75 Å². The summed E-state index contributed by atoms with van der Waals surface area (Å²) in [6.07, 6.45) is 6.39. The Balaban J connectivity index is 1.47. The zero-order valence-electron chi connectivity index (χ0n) is 19.5. The van der Waals surface area contributed by atoms with Crippen molar-refractivity contribution in [2.75, 3.05) is 52.9 Å². The number of rotatable bonds is 6. The van der Waals surface area contributed by atoms with Crippen LogP contribution < -0.4 is 4.74 Å². The zero-order chi connectivity index (χ0) is 22.7. The fraction of sp³-hybridized carbons (Fsp3) is 0.708. The van der Waals surface area contributed by atoms with Crippen LogP contribution in [0, 0.1) is 11.8 Å². The molecule has 3 aliphatic heterocycles. The Labute approximate surface area is 192 Å². The highest BCUT2D eigenvalue weighted by atomic mass is 32.2. The molecule has 1 atom stereocenters. The molecule has 0 bridgehead atoms. The predicted molar refractivity (Wildman–Crippen MR) is 124 cm³/mol. The maximum absolute atomic E-state index is 13.3. The molecule has 3 fully saturated rings. The van der Waals surface area contributed by atoms with E-state index >= 15 is 0 Å². The van der Waals surface area contributed by atoms with Crippen molar-refractivity contribution in [3.63, 3.8) is 0 Å². The van der Waals surface area contributed by atoms with Crippen molar-refractivity contribution >= 4 is 15.9 Å². The fourth-order valence-corrected chi connectivity index (χ4v) is 6.97. The summed E-state index contributed by atoms with van der Waals surface area (Å²) in [6.45, 7) is 8.19. The van der Waals surface area contributed by atoms with E-state index in [9.17, 15) is 13.2 Å². The van der Waals surface area contributed by atoms with Crippen molar-refractivity contribution in [2.24, 2.45) is 11.8 Å². The Morgan fingerprint density at radius 1 is 1.03 bits per heavy atom. The molecule has 4 rings (SSSR count). The maximum Gasteiger partial charge on any atom is 0.253 e. The van der Waals surface area contributed by atoms with Crippen LogP contribution >= 0.6 is 0 Å². The number of benzene rings is 1. The number of nitrogens with zero attached hydrogens (tertiary/aromatic N) is 3. The minimum absolute atomic E-state index is 0.0810. The number of hydrogen-bond donors (Lipinski definition) is 0. The van der Waals surface area contributed by atoms with Gasteiger partial charge < -0.3 is 14.5 Å². The first kappa shape index (κ1) is 23.5. The van der Waals surface area contributed by atoms with Crippen LogP contribution in [0.15, 0.2) is 23.1 Å². The molecule has 1 aromatic rings. The summed E-state index contributed by atoms with van der Waals surface area (Å²) in [7, 11) is -2.20. The van der Waals surface area contributed by atoms with Crippen molar-refractivity contribution in [3.05, 3.63) is 23.8 Å². The normalized spacial score (nSPS) is 24.1. The highest BCUT2D eigenvalue weighted by Gasteiger charge is 2.32. The molecule has 0 saturated carbocycles. The smallest absolute Gasteiger partial charge is 0.253 e. The van der Waals surface area contributed by atoms with E-state index in [1.807, 2.05) is 4.90 Å². The first-order valence-electron chi connectivity index (χ1n) is 12.1. The minimum atomic E-state index is -3.67. The van der Waals surface area contributed by atoms with Gasteiger partial charge in [-0.3, -0.25) is 4.79 Å². The quantitative estimate of drug-likeness (QED) is 0.649. The number of carbonyl (C=O) groups excluding carboxylic acids is 1. The lowest BCUT2D eigenvalue weighted by atomic mass is 9.94. The van der Waals surface area contributed by atoms with Crippen LogP contribution in [0.1, 0.15) is 55.8 Å². The largest absolute Gasteiger partial charge is 0.495 e. The lowest BCUT2D eigenvalue weighted by molar-refractivity contribution is 0.0622. The predicted octanol–water partition coefficient (Wildman–Crippen LogP) is 3.06. The third-order valence-corrected chi connectivity index (χ3v) is 9.21. The van der Waals surface area contributed by atoms with E-state index < -0.39 is 10.0 Å². The number of likely N-dealkylation sites (tertiary alicyclic amines) is 2. The number of piperidine rings is 2. The molecule has 0 aliphatic carbocycles. The van der Waals surface area contributed by atoms with Crippen LogP contribution in [0.2, 0.25) is 0 Å². The summed E-state index contributed by atoms with van der Waals surface area (Å²) in [5, 5.41) is 0. The Bertz CT molecular complexity index is 906. The number of hydrogen-bond acceptors (Lipinski definition) is 5. The number of ether oxygens (including phenoxy) is 1. The molecule has 3 saturated heterocycles. The molecule has 1 unspecified atom stereocenters. The van der Waals surface area contributed by atoms with Crippen molar-refractivity contribution in [1.82, 2.24) is 14.1 Å². The van der Waals surface area contributed by atoms with Gasteiger partial charge in [0.25, 0.3) is 5.91 Å². The van der Waals surface area contributed by atoms with Crippen LogP contribution in [0.5, 0.6) is 5.75 Å². The summed E-state index contributed by atoms with van der Waals surface area (Å²) < 4.78 is 33.2. The monoisotopic (exact) mass is 463 g/mol. The van der Waals surface area contributed by atoms with Gasteiger partial charge in [-0.15, -0.1) is 0 Å². The summed E-state index contributed by atoms with van der Waals surface area (Å²) in [6, 6.07) is 4.83. The number of amides is 1. The Morgan fingerprint density at radius 2 is 1.75 bits per heavy atom. The lowest BCUT2D eigenvalue weighted by Gasteiger charge is -2.38. The Kier molecular flexibility index (Phi) is 7.42. The maximum atomic E-state index is 13.3. The second-order valence-electron chi connectivity index (χ2n) is 9.72. The Hall–Kier alpha value is -1.64. The first-order chi connectivity index (χ1) is 15.4. The molecule has 0 aromatic heterocycles. The summed E-state index contributed by atoms with van der Waals surface area (Å²) >= 11 is 0. The molecule has 8 heteroatoms. The topological polar surface area (TPSA) is 70.2 Å². The van der Waals surface area contributed by atoms with Crippen molar-refractivity contribution in [2.45, 2.75) is 50.3 Å². The SMILES string of the molecule is COc1ccc(C(=O)N2CCCC(CN3CCC(C)CC3)C2)cc1S(=O)(=O)N1CCCC1. The summed E-state index contributed by atoms with van der Waals surface area (Å²) in [5.74, 6) is 1.51. The summed E-state index contributed by atoms with van der Waals surface area (Å²) in [4.78, 5) is 17.9. The average molecular weight is 464 g/mol. The van der Waals surface area contributed by atoms with E-state index in [1.165, 1.54) is 30.3 Å². The van der Waals surface area contributed by atoms with Crippen LogP contribution in [-0.4, -0.2) is 81.4 Å². The van der Waals surface area contributed by atoms with Gasteiger partial charge in [0.15, 0.2) is 0 Å². The number of sulfonamides is 1. The van der Waals surface area contributed by atoms with Crippen LogP contribution in [0.25, 0.3) is 0 Å². The highest BCUT2D eigenvalue weighted by Crippen LogP contribution is 2.31. The van der Waals surface area contributed by atoms with Crippen LogP contribution in [-0.2, 0) is 10.0 Å². The molecule has 0 radical (unpaired) electrons. The van der Waals surface area contributed by atoms with Crippen molar-refractivity contribution < 1.29 is 17.9 Å². The van der Waals surface area contributed by atoms with Gasteiger partial charge in [0, 0.05) is 38.3 Å². The third kappa shape index (κ3) is 5.13. The van der Waals surface area contributed by atoms with Crippen LogP contribution in [0.4, 0.5) is 0 Å². The molecule has 3 heterocycles. The van der Waals surface area contributed by atoms with Crippen molar-refractivity contribution in [1.29, 1.82) is 0 Å². The molecule has 1 amide bonds. The average Bonchev–Trinajstić information content (AvgIpc) is 3.36. The molecule has 0 N–H and O–H groups in total. The van der Waals surface area contributed by atoms with E-state index in [4.69, 9.17) is 4.74 Å². The molecule has 7 nitrogen and oxygen atoms in total. The Morgan fingerprint density at radius 3 is 2.44 bits per heavy atom. The molecule has 0 spiro atoms. The van der Waals surface area contributed by atoms with Gasteiger partial charge >= 0.3 is 0 Å². The molecule has 1 aromatic carbocycles. The fourth-order valence-electron chi connectivity index (χ4n) is 5.27. The van der Waals surface area contributed by atoms with Gasteiger partial charge in [-0.05, 0) is 81.6 Å². The second kappa shape index (κ2) is 10.1. The van der Waals surface area contributed by atoms with E-state index in [-0.39, 0.29) is 10.8 Å². The van der Waals surface area contributed by atoms with Gasteiger partial charge in [-0.2, -0.15) is 4.31 Å². The first-order valence-corrected chi connectivity index (χ1v) is 13.5. The summed E-state index contributed by atoms with van der Waals surface area (Å²) in [5.41, 5.74) is 0.427. The molecule has 32 heavy (non-hydrogen) atoms. The minimum Gasteiger partial charge on any atom is -0.495 e. The number of carbonyl (C=O) groups is 1. The van der Waals surface area contributed by atoms with Gasteiger partial charge in [0.05, 0.1) is 7.11 Å². The van der Waals surface area contributed by atoms with E-state index in [0.29, 0.717) is 30.3 Å². The molecule has 178 valence electrons. The van der Waals surface area contributed by atoms with E-state index in [0.717, 1.165) is 64.3 Å². The van der Waals surface area contributed by atoms with Gasteiger partial charge in [-0.25, -0.2) is 8.42 Å². The molecule has 3 aliphatic rings.